The van der Waals surface area contributed by atoms with Gasteiger partial charge in [0, 0.05) is 16.1 Å². The van der Waals surface area contributed by atoms with Crippen LogP contribution in [0.25, 0.3) is 21.3 Å². The van der Waals surface area contributed by atoms with Crippen molar-refractivity contribution in [1.29, 1.82) is 0 Å². The van der Waals surface area contributed by atoms with E-state index >= 15 is 0 Å². The first-order valence-electron chi connectivity index (χ1n) is 7.56. The summed E-state index contributed by atoms with van der Waals surface area (Å²) in [5.74, 6) is 0.736. The molecule has 0 bridgehead atoms. The van der Waals surface area contributed by atoms with Crippen molar-refractivity contribution in [3.05, 3.63) is 70.8 Å². The van der Waals surface area contributed by atoms with Gasteiger partial charge in [0.1, 0.15) is 10.6 Å². The van der Waals surface area contributed by atoms with Gasteiger partial charge in [0.05, 0.1) is 5.39 Å². The van der Waals surface area contributed by atoms with Crippen LogP contribution in [-0.4, -0.2) is 9.97 Å². The largest absolute Gasteiger partial charge is 0.340 e. The van der Waals surface area contributed by atoms with Gasteiger partial charge < -0.3 is 5.32 Å². The zero-order valence-electron chi connectivity index (χ0n) is 13.0. The number of hydrogen-bond acceptors (Lipinski definition) is 4. The second-order valence-electron chi connectivity index (χ2n) is 5.41. The predicted octanol–water partition coefficient (Wildman–Crippen LogP) is 6.06. The monoisotopic (exact) mass is 351 g/mol. The molecule has 0 spiro atoms. The topological polar surface area (TPSA) is 37.8 Å². The summed E-state index contributed by atoms with van der Waals surface area (Å²) in [5.41, 5.74) is 3.28. The van der Waals surface area contributed by atoms with Crippen molar-refractivity contribution < 1.29 is 0 Å². The first-order valence-corrected chi connectivity index (χ1v) is 8.76. The summed E-state index contributed by atoms with van der Waals surface area (Å²) in [7, 11) is 0. The van der Waals surface area contributed by atoms with E-state index < -0.39 is 0 Å². The maximum atomic E-state index is 6.14. The summed E-state index contributed by atoms with van der Waals surface area (Å²) in [6, 6.07) is 20.3. The number of rotatable bonds is 3. The normalized spacial score (nSPS) is 10.9. The molecule has 0 aliphatic carbocycles. The van der Waals surface area contributed by atoms with Gasteiger partial charge in [-0.1, -0.05) is 48.5 Å². The van der Waals surface area contributed by atoms with E-state index in [1.807, 2.05) is 48.5 Å². The lowest BCUT2D eigenvalue weighted by molar-refractivity contribution is 1.23. The van der Waals surface area contributed by atoms with Crippen molar-refractivity contribution in [2.75, 3.05) is 5.32 Å². The quantitative estimate of drug-likeness (QED) is 0.455. The van der Waals surface area contributed by atoms with Crippen LogP contribution in [0.1, 0.15) is 4.88 Å². The molecule has 1 N–H and O–H groups in total. The van der Waals surface area contributed by atoms with Crippen molar-refractivity contribution in [2.45, 2.75) is 6.92 Å². The second-order valence-corrected chi connectivity index (χ2v) is 6.95. The highest BCUT2D eigenvalue weighted by Crippen LogP contribution is 2.41. The number of anilines is 2. The van der Waals surface area contributed by atoms with E-state index in [-0.39, 0.29) is 5.28 Å². The second kappa shape index (κ2) is 6.23. The molecule has 0 aliphatic rings. The average Bonchev–Trinajstić information content (AvgIpc) is 2.92. The number of aryl methyl sites for hydroxylation is 1. The fourth-order valence-corrected chi connectivity index (χ4v) is 4.05. The number of aromatic nitrogens is 2. The SMILES string of the molecule is Cc1sc2nc(Cl)nc(Nc3ccccc3)c2c1-c1ccccc1. The van der Waals surface area contributed by atoms with Crippen LogP contribution in [0, 0.1) is 6.92 Å². The maximum Gasteiger partial charge on any atom is 0.225 e. The van der Waals surface area contributed by atoms with E-state index in [0.717, 1.165) is 32.8 Å². The Kier molecular flexibility index (Phi) is 3.92. The van der Waals surface area contributed by atoms with Gasteiger partial charge in [0.2, 0.25) is 5.28 Å². The van der Waals surface area contributed by atoms with Crippen molar-refractivity contribution in [3.63, 3.8) is 0 Å². The molecule has 3 nitrogen and oxygen atoms in total. The van der Waals surface area contributed by atoms with Crippen molar-refractivity contribution in [2.24, 2.45) is 0 Å². The van der Waals surface area contributed by atoms with E-state index in [1.54, 1.807) is 11.3 Å². The van der Waals surface area contributed by atoms with Gasteiger partial charge in [-0.05, 0) is 36.2 Å². The van der Waals surface area contributed by atoms with Gasteiger partial charge in [-0.15, -0.1) is 11.3 Å². The number of hydrogen-bond donors (Lipinski definition) is 1. The Morgan fingerprint density at radius 3 is 2.29 bits per heavy atom. The third kappa shape index (κ3) is 2.75. The maximum absolute atomic E-state index is 6.14. The molecule has 4 aromatic rings. The van der Waals surface area contributed by atoms with Crippen LogP contribution >= 0.6 is 22.9 Å². The van der Waals surface area contributed by atoms with Crippen molar-refractivity contribution >= 4 is 44.7 Å². The number of thiophene rings is 1. The predicted molar refractivity (Wildman–Crippen MR) is 102 cm³/mol. The van der Waals surface area contributed by atoms with Crippen LogP contribution in [0.15, 0.2) is 60.7 Å². The van der Waals surface area contributed by atoms with Gasteiger partial charge in [-0.3, -0.25) is 0 Å². The Morgan fingerprint density at radius 1 is 0.917 bits per heavy atom. The van der Waals surface area contributed by atoms with E-state index in [2.05, 4.69) is 34.3 Å². The van der Waals surface area contributed by atoms with Crippen LogP contribution < -0.4 is 5.32 Å². The number of halogens is 1. The molecule has 4 rings (SSSR count). The average molecular weight is 352 g/mol. The van der Waals surface area contributed by atoms with Crippen molar-refractivity contribution in [1.82, 2.24) is 9.97 Å². The Morgan fingerprint density at radius 2 is 1.58 bits per heavy atom. The van der Waals surface area contributed by atoms with Crippen LogP contribution in [-0.2, 0) is 0 Å². The highest BCUT2D eigenvalue weighted by Gasteiger charge is 2.18. The molecule has 0 aliphatic heterocycles. The minimum atomic E-state index is 0.252. The van der Waals surface area contributed by atoms with Crippen LogP contribution in [0.2, 0.25) is 5.28 Å². The molecular weight excluding hydrogens is 338 g/mol. The minimum Gasteiger partial charge on any atom is -0.340 e. The van der Waals surface area contributed by atoms with Gasteiger partial charge in [-0.25, -0.2) is 4.98 Å². The van der Waals surface area contributed by atoms with Crippen LogP contribution in [0.3, 0.4) is 0 Å². The molecule has 2 aromatic heterocycles. The van der Waals surface area contributed by atoms with E-state index in [0.29, 0.717) is 0 Å². The molecule has 5 heteroatoms. The first kappa shape index (κ1) is 15.1. The highest BCUT2D eigenvalue weighted by atomic mass is 35.5. The fourth-order valence-electron chi connectivity index (χ4n) is 2.79. The molecule has 24 heavy (non-hydrogen) atoms. The molecule has 0 atom stereocenters. The third-order valence-electron chi connectivity index (χ3n) is 3.80. The number of nitrogens with one attached hydrogen (secondary N) is 1. The van der Waals surface area contributed by atoms with E-state index in [4.69, 9.17) is 11.6 Å². The third-order valence-corrected chi connectivity index (χ3v) is 4.97. The lowest BCUT2D eigenvalue weighted by atomic mass is 10.0. The number of benzene rings is 2. The minimum absolute atomic E-state index is 0.252. The van der Waals surface area contributed by atoms with Gasteiger partial charge in [0.15, 0.2) is 0 Å². The first-order chi connectivity index (χ1) is 11.7. The number of para-hydroxylation sites is 1. The zero-order valence-corrected chi connectivity index (χ0v) is 14.5. The Hall–Kier alpha value is -2.43. The summed E-state index contributed by atoms with van der Waals surface area (Å²) in [5, 5.41) is 4.65. The van der Waals surface area contributed by atoms with Gasteiger partial charge in [0.25, 0.3) is 0 Å². The Bertz CT molecular complexity index is 997. The molecule has 118 valence electrons. The molecule has 0 amide bonds. The summed E-state index contributed by atoms with van der Waals surface area (Å²) in [6.45, 7) is 2.11. The summed E-state index contributed by atoms with van der Waals surface area (Å²) in [4.78, 5) is 11.0. The molecule has 0 saturated carbocycles. The Balaban J connectivity index is 1.96. The van der Waals surface area contributed by atoms with Crippen LogP contribution in [0.4, 0.5) is 11.5 Å². The molecule has 2 heterocycles. The zero-order chi connectivity index (χ0) is 16.5. The standard InChI is InChI=1S/C19H14ClN3S/c1-12-15(13-8-4-2-5-9-13)16-17(21-14-10-6-3-7-11-14)22-19(20)23-18(16)24-12/h2-11H,1H3,(H,21,22,23). The molecule has 0 saturated heterocycles. The summed E-state index contributed by atoms with van der Waals surface area (Å²) >= 11 is 7.78. The van der Waals surface area contributed by atoms with Gasteiger partial charge in [-0.2, -0.15) is 4.98 Å². The summed E-state index contributed by atoms with van der Waals surface area (Å²) in [6.07, 6.45) is 0. The molecule has 0 fully saturated rings. The smallest absolute Gasteiger partial charge is 0.225 e. The lowest BCUT2D eigenvalue weighted by Gasteiger charge is -2.09. The molecule has 0 radical (unpaired) electrons. The molecule has 0 unspecified atom stereocenters. The van der Waals surface area contributed by atoms with E-state index in [1.165, 1.54) is 4.88 Å². The molecular formula is C19H14ClN3S. The van der Waals surface area contributed by atoms with Gasteiger partial charge >= 0.3 is 0 Å². The lowest BCUT2D eigenvalue weighted by Crippen LogP contribution is -1.96. The fraction of sp³-hybridized carbons (Fsp3) is 0.0526. The van der Waals surface area contributed by atoms with E-state index in [9.17, 15) is 0 Å². The Labute approximate surface area is 149 Å². The number of nitrogens with zero attached hydrogens (tertiary/aromatic N) is 2. The highest BCUT2D eigenvalue weighted by molar-refractivity contribution is 7.19. The number of fused-ring (bicyclic) bond motifs is 1. The molecule has 2 aromatic carbocycles. The summed E-state index contributed by atoms with van der Waals surface area (Å²) < 4.78 is 0. The van der Waals surface area contributed by atoms with Crippen LogP contribution in [0.5, 0.6) is 0 Å². The van der Waals surface area contributed by atoms with Crippen molar-refractivity contribution in [3.8, 4) is 11.1 Å².